The highest BCUT2D eigenvalue weighted by Crippen LogP contribution is 2.42. The quantitative estimate of drug-likeness (QED) is 0.204. The Morgan fingerprint density at radius 1 is 1.06 bits per heavy atom. The zero-order chi connectivity index (χ0) is 23.7. The Morgan fingerprint density at radius 3 is 2.33 bits per heavy atom. The number of rotatable bonds is 5. The molecule has 166 valence electrons. The van der Waals surface area contributed by atoms with Crippen LogP contribution in [0.25, 0.3) is 5.76 Å². The fourth-order valence-corrected chi connectivity index (χ4v) is 3.72. The second-order valence-corrected chi connectivity index (χ2v) is 7.23. The van der Waals surface area contributed by atoms with Crippen LogP contribution in [-0.2, 0) is 9.59 Å². The lowest BCUT2D eigenvalue weighted by molar-refractivity contribution is -0.384. The molecule has 0 aliphatic carbocycles. The van der Waals surface area contributed by atoms with Crippen LogP contribution in [-0.4, -0.2) is 28.8 Å². The third-order valence-corrected chi connectivity index (χ3v) is 5.31. The Labute approximate surface area is 187 Å². The van der Waals surface area contributed by atoms with Crippen LogP contribution in [0.1, 0.15) is 17.2 Å². The second-order valence-electron chi connectivity index (χ2n) is 7.23. The van der Waals surface area contributed by atoms with Crippen LogP contribution in [0.4, 0.5) is 15.8 Å². The lowest BCUT2D eigenvalue weighted by atomic mass is 9.95. The predicted octanol–water partition coefficient (Wildman–Crippen LogP) is 4.37. The maximum Gasteiger partial charge on any atom is 0.300 e. The van der Waals surface area contributed by atoms with E-state index in [1.807, 2.05) is 0 Å². The Hall–Kier alpha value is -4.53. The lowest BCUT2D eigenvalue weighted by Gasteiger charge is -2.25. The molecule has 3 aromatic rings. The van der Waals surface area contributed by atoms with Gasteiger partial charge in [0.05, 0.1) is 23.6 Å². The molecule has 0 radical (unpaired) electrons. The van der Waals surface area contributed by atoms with Gasteiger partial charge in [0.2, 0.25) is 0 Å². The molecule has 0 saturated carbocycles. The van der Waals surface area contributed by atoms with Gasteiger partial charge in [-0.1, -0.05) is 18.2 Å². The van der Waals surface area contributed by atoms with Gasteiger partial charge in [-0.25, -0.2) is 4.39 Å². The monoisotopic (exact) mass is 448 g/mol. The van der Waals surface area contributed by atoms with E-state index in [-0.39, 0.29) is 16.8 Å². The van der Waals surface area contributed by atoms with Crippen molar-refractivity contribution < 1.29 is 28.7 Å². The molecule has 1 aliphatic heterocycles. The Balaban J connectivity index is 1.91. The van der Waals surface area contributed by atoms with Gasteiger partial charge >= 0.3 is 0 Å². The standard InChI is InChI=1S/C24H17FN2O6/c1-33-19-4-2-3-18(13-19)26-21(14-5-9-16(25)10-6-14)20(23(29)24(26)30)22(28)15-7-11-17(12-8-15)27(31)32/h2-13,21,28H,1H3/b22-20+. The van der Waals surface area contributed by atoms with Crippen LogP contribution < -0.4 is 9.64 Å². The number of carbonyl (C=O) groups excluding carboxylic acids is 2. The zero-order valence-corrected chi connectivity index (χ0v) is 17.3. The van der Waals surface area contributed by atoms with E-state index in [0.29, 0.717) is 17.0 Å². The summed E-state index contributed by atoms with van der Waals surface area (Å²) < 4.78 is 18.8. The number of nitrogens with zero attached hydrogens (tertiary/aromatic N) is 2. The molecule has 0 bridgehead atoms. The highest BCUT2D eigenvalue weighted by molar-refractivity contribution is 6.51. The van der Waals surface area contributed by atoms with E-state index < -0.39 is 34.2 Å². The Morgan fingerprint density at radius 2 is 1.73 bits per heavy atom. The normalized spacial score (nSPS) is 17.3. The number of halogens is 1. The number of benzene rings is 3. The van der Waals surface area contributed by atoms with Gasteiger partial charge in [0.25, 0.3) is 17.4 Å². The molecule has 1 N–H and O–H groups in total. The molecule has 1 fully saturated rings. The predicted molar refractivity (Wildman–Crippen MR) is 117 cm³/mol. The van der Waals surface area contributed by atoms with Crippen LogP contribution in [0.2, 0.25) is 0 Å². The lowest BCUT2D eigenvalue weighted by Crippen LogP contribution is -2.29. The molecule has 9 heteroatoms. The van der Waals surface area contributed by atoms with E-state index in [1.54, 1.807) is 24.3 Å². The number of ether oxygens (including phenoxy) is 1. The minimum absolute atomic E-state index is 0.122. The second kappa shape index (κ2) is 8.54. The molecule has 0 spiro atoms. The van der Waals surface area contributed by atoms with E-state index in [2.05, 4.69) is 0 Å². The first-order chi connectivity index (χ1) is 15.8. The SMILES string of the molecule is COc1cccc(N2C(=O)C(=O)/C(=C(/O)c3ccc([N+](=O)[O-])cc3)C2c2ccc(F)cc2)c1. The van der Waals surface area contributed by atoms with Crippen molar-refractivity contribution in [1.82, 2.24) is 0 Å². The van der Waals surface area contributed by atoms with E-state index in [0.717, 1.165) is 0 Å². The number of non-ortho nitro benzene ring substituents is 1. The van der Waals surface area contributed by atoms with E-state index in [1.165, 1.54) is 60.5 Å². The first-order valence-electron chi connectivity index (χ1n) is 9.77. The van der Waals surface area contributed by atoms with E-state index in [4.69, 9.17) is 4.74 Å². The summed E-state index contributed by atoms with van der Waals surface area (Å²) >= 11 is 0. The van der Waals surface area contributed by atoms with Crippen LogP contribution in [0.3, 0.4) is 0 Å². The maximum atomic E-state index is 13.6. The van der Waals surface area contributed by atoms with Crippen molar-refractivity contribution in [3.8, 4) is 5.75 Å². The number of amides is 1. The number of anilines is 1. The minimum atomic E-state index is -1.06. The van der Waals surface area contributed by atoms with Gasteiger partial charge in [-0.3, -0.25) is 24.6 Å². The highest BCUT2D eigenvalue weighted by Gasteiger charge is 2.47. The highest BCUT2D eigenvalue weighted by atomic mass is 19.1. The summed E-state index contributed by atoms with van der Waals surface area (Å²) in [4.78, 5) is 37.7. The summed E-state index contributed by atoms with van der Waals surface area (Å²) in [7, 11) is 1.46. The van der Waals surface area contributed by atoms with Gasteiger partial charge in [0.15, 0.2) is 0 Å². The molecular weight excluding hydrogens is 431 g/mol. The summed E-state index contributed by atoms with van der Waals surface area (Å²) in [5, 5.41) is 21.9. The largest absolute Gasteiger partial charge is 0.507 e. The van der Waals surface area contributed by atoms with Crippen molar-refractivity contribution in [2.75, 3.05) is 12.0 Å². The number of hydrogen-bond donors (Lipinski definition) is 1. The van der Waals surface area contributed by atoms with E-state index >= 15 is 0 Å². The van der Waals surface area contributed by atoms with Crippen LogP contribution in [0.5, 0.6) is 5.75 Å². The molecule has 1 aliphatic rings. The molecule has 0 aromatic heterocycles. The average Bonchev–Trinajstić information content (AvgIpc) is 3.09. The zero-order valence-electron chi connectivity index (χ0n) is 17.3. The summed E-state index contributed by atoms with van der Waals surface area (Å²) in [6.45, 7) is 0. The number of carbonyl (C=O) groups is 2. The molecule has 1 amide bonds. The van der Waals surface area contributed by atoms with Crippen molar-refractivity contribution in [3.63, 3.8) is 0 Å². The van der Waals surface area contributed by atoms with Gasteiger partial charge < -0.3 is 9.84 Å². The summed E-state index contributed by atoms with van der Waals surface area (Å²) in [6.07, 6.45) is 0. The van der Waals surface area contributed by atoms with Crippen LogP contribution in [0, 0.1) is 15.9 Å². The van der Waals surface area contributed by atoms with Crippen molar-refractivity contribution >= 4 is 28.8 Å². The fourth-order valence-electron chi connectivity index (χ4n) is 3.72. The molecule has 1 atom stereocenters. The van der Waals surface area contributed by atoms with Crippen molar-refractivity contribution in [1.29, 1.82) is 0 Å². The van der Waals surface area contributed by atoms with Crippen LogP contribution in [0.15, 0.2) is 78.4 Å². The number of Topliss-reactive ketones (excluding diaryl/α,β-unsaturated/α-hetero) is 1. The Bertz CT molecular complexity index is 1290. The van der Waals surface area contributed by atoms with Crippen LogP contribution >= 0.6 is 0 Å². The van der Waals surface area contributed by atoms with Gasteiger partial charge in [0.1, 0.15) is 17.3 Å². The van der Waals surface area contributed by atoms with E-state index in [9.17, 15) is 29.2 Å². The van der Waals surface area contributed by atoms with Gasteiger partial charge in [-0.2, -0.15) is 0 Å². The number of hydrogen-bond acceptors (Lipinski definition) is 6. The summed E-state index contributed by atoms with van der Waals surface area (Å²) in [6, 6.07) is 15.6. The molecule has 8 nitrogen and oxygen atoms in total. The summed E-state index contributed by atoms with van der Waals surface area (Å²) in [5.74, 6) is -2.39. The number of aliphatic hydroxyl groups excluding tert-OH is 1. The number of nitro benzene ring substituents is 1. The number of aliphatic hydroxyl groups is 1. The fraction of sp³-hybridized carbons (Fsp3) is 0.0833. The minimum Gasteiger partial charge on any atom is -0.507 e. The number of ketones is 1. The third-order valence-electron chi connectivity index (χ3n) is 5.31. The van der Waals surface area contributed by atoms with Crippen molar-refractivity contribution in [3.05, 3.63) is 105 Å². The smallest absolute Gasteiger partial charge is 0.300 e. The maximum absolute atomic E-state index is 13.6. The molecule has 33 heavy (non-hydrogen) atoms. The van der Waals surface area contributed by atoms with Crippen molar-refractivity contribution in [2.24, 2.45) is 0 Å². The molecule has 3 aromatic carbocycles. The molecule has 1 heterocycles. The third kappa shape index (κ3) is 3.91. The van der Waals surface area contributed by atoms with Crippen molar-refractivity contribution in [2.45, 2.75) is 6.04 Å². The average molecular weight is 448 g/mol. The molecular formula is C24H17FN2O6. The number of nitro groups is 1. The van der Waals surface area contributed by atoms with Gasteiger partial charge in [-0.05, 0) is 42.0 Å². The molecule has 1 saturated heterocycles. The molecule has 4 rings (SSSR count). The first-order valence-corrected chi connectivity index (χ1v) is 9.77. The topological polar surface area (TPSA) is 110 Å². The van der Waals surface area contributed by atoms with Gasteiger partial charge in [0, 0.05) is 29.4 Å². The Kier molecular flexibility index (Phi) is 5.61. The summed E-state index contributed by atoms with van der Waals surface area (Å²) in [5.41, 5.74) is 0.438. The molecule has 1 unspecified atom stereocenters. The van der Waals surface area contributed by atoms with Gasteiger partial charge in [-0.15, -0.1) is 0 Å². The first kappa shape index (κ1) is 21.7. The number of methoxy groups -OCH3 is 1.